The molecule has 0 saturated carbocycles. The van der Waals surface area contributed by atoms with Gasteiger partial charge in [-0.15, -0.1) is 0 Å². The molecule has 2 aromatic heterocycles. The number of furan rings is 1. The molecule has 0 aliphatic carbocycles. The minimum atomic E-state index is -0.145. The zero-order valence-electron chi connectivity index (χ0n) is 19.0. The molecule has 5 rings (SSSR count). The van der Waals surface area contributed by atoms with Crippen LogP contribution in [0.5, 0.6) is 5.75 Å². The minimum absolute atomic E-state index is 0.145. The van der Waals surface area contributed by atoms with E-state index in [0.29, 0.717) is 25.4 Å². The summed E-state index contributed by atoms with van der Waals surface area (Å²) in [6.45, 7) is 3.32. The van der Waals surface area contributed by atoms with Crippen LogP contribution in [0.15, 0.2) is 101 Å². The smallest absolute Gasteiger partial charge is 0.268 e. The molecular weight excluding hydrogens is 424 g/mol. The number of hydrogen-bond acceptors (Lipinski definition) is 3. The molecule has 170 valence electrons. The van der Waals surface area contributed by atoms with Gasteiger partial charge in [0.25, 0.3) is 5.91 Å². The number of benzene rings is 3. The van der Waals surface area contributed by atoms with Gasteiger partial charge in [-0.05, 0) is 54.4 Å². The second-order valence-corrected chi connectivity index (χ2v) is 8.29. The highest BCUT2D eigenvalue weighted by Crippen LogP contribution is 2.26. The highest BCUT2D eigenvalue weighted by atomic mass is 16.5. The molecule has 0 aliphatic rings. The number of aromatic nitrogens is 1. The Balaban J connectivity index is 1.43. The number of carbonyl (C=O) groups excluding carboxylic acids is 1. The lowest BCUT2D eigenvalue weighted by molar-refractivity contribution is 0.0939. The Kier molecular flexibility index (Phi) is 6.17. The summed E-state index contributed by atoms with van der Waals surface area (Å²) < 4.78 is 13.7. The van der Waals surface area contributed by atoms with Crippen LogP contribution in [0.25, 0.3) is 10.9 Å². The van der Waals surface area contributed by atoms with Gasteiger partial charge in [0.2, 0.25) is 0 Å². The lowest BCUT2D eigenvalue weighted by Gasteiger charge is -2.12. The number of hydrogen-bond donors (Lipinski definition) is 1. The van der Waals surface area contributed by atoms with Crippen LogP contribution < -0.4 is 10.1 Å². The van der Waals surface area contributed by atoms with E-state index < -0.39 is 0 Å². The van der Waals surface area contributed by atoms with E-state index in [2.05, 4.69) is 17.4 Å². The fourth-order valence-corrected chi connectivity index (χ4v) is 4.04. The van der Waals surface area contributed by atoms with Gasteiger partial charge in [0.05, 0.1) is 6.54 Å². The molecule has 5 aromatic rings. The monoisotopic (exact) mass is 450 g/mol. The van der Waals surface area contributed by atoms with Crippen molar-refractivity contribution in [2.75, 3.05) is 0 Å². The number of aryl methyl sites for hydroxylation is 1. The Morgan fingerprint density at radius 1 is 0.882 bits per heavy atom. The third-order valence-corrected chi connectivity index (χ3v) is 5.76. The van der Waals surface area contributed by atoms with Gasteiger partial charge in [-0.3, -0.25) is 4.79 Å². The Hall–Kier alpha value is -4.25. The molecule has 2 heterocycles. The Morgan fingerprint density at radius 2 is 1.62 bits per heavy atom. The number of amides is 1. The lowest BCUT2D eigenvalue weighted by atomic mass is 10.2. The van der Waals surface area contributed by atoms with Crippen molar-refractivity contribution in [3.05, 3.63) is 125 Å². The van der Waals surface area contributed by atoms with Gasteiger partial charge in [0, 0.05) is 17.4 Å². The van der Waals surface area contributed by atoms with E-state index in [1.165, 1.54) is 0 Å². The predicted octanol–water partition coefficient (Wildman–Crippen LogP) is 6.10. The second kappa shape index (κ2) is 9.71. The second-order valence-electron chi connectivity index (χ2n) is 8.29. The van der Waals surface area contributed by atoms with Crippen LogP contribution in [0, 0.1) is 6.92 Å². The van der Waals surface area contributed by atoms with Gasteiger partial charge in [0.1, 0.15) is 29.6 Å². The summed E-state index contributed by atoms with van der Waals surface area (Å²) in [5.74, 6) is 2.18. The average molecular weight is 451 g/mol. The Morgan fingerprint density at radius 3 is 2.32 bits per heavy atom. The topological polar surface area (TPSA) is 56.4 Å². The number of carbonyl (C=O) groups is 1. The third kappa shape index (κ3) is 4.89. The number of rotatable bonds is 8. The van der Waals surface area contributed by atoms with Crippen LogP contribution in [-0.4, -0.2) is 10.5 Å². The van der Waals surface area contributed by atoms with Crippen LogP contribution in [0.4, 0.5) is 0 Å². The van der Waals surface area contributed by atoms with E-state index in [9.17, 15) is 4.79 Å². The maximum Gasteiger partial charge on any atom is 0.268 e. The van der Waals surface area contributed by atoms with Crippen molar-refractivity contribution in [1.29, 1.82) is 0 Å². The molecule has 0 bridgehead atoms. The molecule has 1 amide bonds. The summed E-state index contributed by atoms with van der Waals surface area (Å²) in [4.78, 5) is 13.2. The highest BCUT2D eigenvalue weighted by Gasteiger charge is 2.17. The van der Waals surface area contributed by atoms with Crippen molar-refractivity contribution in [2.45, 2.75) is 26.6 Å². The molecule has 0 unspecified atom stereocenters. The zero-order valence-corrected chi connectivity index (χ0v) is 19.0. The van der Waals surface area contributed by atoms with E-state index in [-0.39, 0.29) is 5.91 Å². The summed E-state index contributed by atoms with van der Waals surface area (Å²) in [5.41, 5.74) is 3.81. The van der Waals surface area contributed by atoms with Gasteiger partial charge in [-0.2, -0.15) is 0 Å². The van der Waals surface area contributed by atoms with Crippen molar-refractivity contribution in [3.8, 4) is 5.75 Å². The number of nitrogens with one attached hydrogen (secondary N) is 1. The van der Waals surface area contributed by atoms with Crippen LogP contribution in [0.3, 0.4) is 0 Å². The highest BCUT2D eigenvalue weighted by molar-refractivity contribution is 5.99. The predicted molar refractivity (Wildman–Crippen MR) is 133 cm³/mol. The number of nitrogens with zero attached hydrogens (tertiary/aromatic N) is 1. The first-order chi connectivity index (χ1) is 16.7. The normalized spacial score (nSPS) is 11.0. The van der Waals surface area contributed by atoms with E-state index in [0.717, 1.165) is 39.3 Å². The molecular formula is C29H26N2O3. The zero-order chi connectivity index (χ0) is 23.3. The summed E-state index contributed by atoms with van der Waals surface area (Å²) in [6, 6.07) is 31.9. The standard InChI is InChI=1S/C29H26N2O3/c1-21-12-13-26(34-21)18-30-29(32)28-17-24-16-25(33-20-23-10-6-3-7-11-23)14-15-27(24)31(28)19-22-8-4-2-5-9-22/h2-17H,18-20H2,1H3,(H,30,32). The molecule has 3 aromatic carbocycles. The lowest BCUT2D eigenvalue weighted by Crippen LogP contribution is -2.25. The van der Waals surface area contributed by atoms with Gasteiger partial charge in [-0.1, -0.05) is 60.7 Å². The van der Waals surface area contributed by atoms with Gasteiger partial charge in [0.15, 0.2) is 0 Å². The molecule has 5 nitrogen and oxygen atoms in total. The van der Waals surface area contributed by atoms with Gasteiger partial charge in [-0.25, -0.2) is 0 Å². The molecule has 34 heavy (non-hydrogen) atoms. The van der Waals surface area contributed by atoms with Crippen molar-refractivity contribution in [1.82, 2.24) is 9.88 Å². The maximum atomic E-state index is 13.2. The molecule has 0 atom stereocenters. The quantitative estimate of drug-likeness (QED) is 0.311. The number of ether oxygens (including phenoxy) is 1. The summed E-state index contributed by atoms with van der Waals surface area (Å²) in [6.07, 6.45) is 0. The Bertz CT molecular complexity index is 1400. The van der Waals surface area contributed by atoms with Crippen molar-refractivity contribution in [3.63, 3.8) is 0 Å². The SMILES string of the molecule is Cc1ccc(CNC(=O)c2cc3cc(OCc4ccccc4)ccc3n2Cc2ccccc2)o1. The summed E-state index contributed by atoms with van der Waals surface area (Å²) in [7, 11) is 0. The van der Waals surface area contributed by atoms with Gasteiger partial charge >= 0.3 is 0 Å². The molecule has 0 radical (unpaired) electrons. The number of fused-ring (bicyclic) bond motifs is 1. The summed E-state index contributed by atoms with van der Waals surface area (Å²) >= 11 is 0. The van der Waals surface area contributed by atoms with E-state index in [1.807, 2.05) is 96.4 Å². The van der Waals surface area contributed by atoms with Crippen LogP contribution in [-0.2, 0) is 19.7 Å². The molecule has 0 aliphatic heterocycles. The van der Waals surface area contributed by atoms with E-state index >= 15 is 0 Å². The van der Waals surface area contributed by atoms with Crippen molar-refractivity contribution in [2.24, 2.45) is 0 Å². The maximum absolute atomic E-state index is 13.2. The average Bonchev–Trinajstić information content (AvgIpc) is 3.45. The first-order valence-corrected chi connectivity index (χ1v) is 11.3. The van der Waals surface area contributed by atoms with Crippen LogP contribution in [0.2, 0.25) is 0 Å². The Labute approximate surface area is 198 Å². The molecule has 0 spiro atoms. The minimum Gasteiger partial charge on any atom is -0.489 e. The fraction of sp³-hybridized carbons (Fsp3) is 0.138. The first-order valence-electron chi connectivity index (χ1n) is 11.3. The van der Waals surface area contributed by atoms with Crippen molar-refractivity contribution >= 4 is 16.8 Å². The van der Waals surface area contributed by atoms with Crippen molar-refractivity contribution < 1.29 is 13.9 Å². The first kappa shape index (κ1) is 21.6. The van der Waals surface area contributed by atoms with E-state index in [4.69, 9.17) is 9.15 Å². The molecule has 0 fully saturated rings. The van der Waals surface area contributed by atoms with Gasteiger partial charge < -0.3 is 19.0 Å². The van der Waals surface area contributed by atoms with Crippen LogP contribution >= 0.6 is 0 Å². The molecule has 1 N–H and O–H groups in total. The summed E-state index contributed by atoms with van der Waals surface area (Å²) in [5, 5.41) is 3.95. The molecule has 5 heteroatoms. The largest absolute Gasteiger partial charge is 0.489 e. The third-order valence-electron chi connectivity index (χ3n) is 5.76. The van der Waals surface area contributed by atoms with Crippen LogP contribution in [0.1, 0.15) is 33.1 Å². The van der Waals surface area contributed by atoms with E-state index in [1.54, 1.807) is 0 Å². The molecule has 0 saturated heterocycles. The fourth-order valence-electron chi connectivity index (χ4n) is 4.04.